The number of nitrogens with zero attached hydrogens (tertiary/aromatic N) is 1. The van der Waals surface area contributed by atoms with Gasteiger partial charge in [0.25, 0.3) is 0 Å². The molecule has 12 rings (SSSR count). The van der Waals surface area contributed by atoms with Crippen LogP contribution in [-0.2, 0) is 0 Å². The van der Waals surface area contributed by atoms with Crippen LogP contribution in [-0.4, -0.2) is 4.98 Å². The van der Waals surface area contributed by atoms with Crippen LogP contribution in [0.2, 0.25) is 0 Å². The summed E-state index contributed by atoms with van der Waals surface area (Å²) < 4.78 is 6.58. The molecule has 0 spiro atoms. The molecule has 0 saturated carbocycles. The molecule has 10 aromatic carbocycles. The summed E-state index contributed by atoms with van der Waals surface area (Å²) in [5, 5.41) is 9.64. The van der Waals surface area contributed by atoms with E-state index in [9.17, 15) is 0 Å². The quantitative estimate of drug-likeness (QED) is 0.172. The molecule has 2 heteroatoms. The molecule has 0 aliphatic heterocycles. The van der Waals surface area contributed by atoms with Crippen LogP contribution >= 0.6 is 0 Å². The molecule has 0 unspecified atom stereocenters. The van der Waals surface area contributed by atoms with Gasteiger partial charge in [-0.2, -0.15) is 0 Å². The average Bonchev–Trinajstić information content (AvgIpc) is 3.65. The second kappa shape index (κ2) is 11.6. The third-order valence-corrected chi connectivity index (χ3v) is 11.7. The number of fused-ring (bicyclic) bond motifs is 10. The molecule has 0 fully saturated rings. The van der Waals surface area contributed by atoms with Gasteiger partial charge in [-0.1, -0.05) is 170 Å². The van der Waals surface area contributed by atoms with Crippen LogP contribution in [0.4, 0.5) is 0 Å². The van der Waals surface area contributed by atoms with Crippen molar-refractivity contribution >= 4 is 54.2 Å². The SMILES string of the molecule is c1ccc(-c2nc3c(cc(-c4c5ccccc5c(-c5ccc6c7c(cccc57)-c5ccccc5-c5ccccc5-6)c5ccccc45)c4ccccc43)o2)cc1. The monoisotopic (exact) mass is 697 g/mol. The molecule has 1 aromatic heterocycles. The molecule has 1 aliphatic rings. The predicted molar refractivity (Wildman–Crippen MR) is 230 cm³/mol. The smallest absolute Gasteiger partial charge is 0.227 e. The van der Waals surface area contributed by atoms with E-state index < -0.39 is 0 Å². The van der Waals surface area contributed by atoms with Gasteiger partial charge in [-0.15, -0.1) is 0 Å². The maximum absolute atomic E-state index is 6.58. The van der Waals surface area contributed by atoms with Crippen molar-refractivity contribution < 1.29 is 4.42 Å². The van der Waals surface area contributed by atoms with Crippen LogP contribution < -0.4 is 0 Å². The summed E-state index contributed by atoms with van der Waals surface area (Å²) in [4.78, 5) is 5.05. The van der Waals surface area contributed by atoms with Crippen LogP contribution in [0, 0.1) is 0 Å². The van der Waals surface area contributed by atoms with E-state index in [2.05, 4.69) is 170 Å². The number of benzene rings is 10. The molecule has 1 heterocycles. The van der Waals surface area contributed by atoms with E-state index >= 15 is 0 Å². The van der Waals surface area contributed by atoms with Crippen molar-refractivity contribution in [1.82, 2.24) is 4.98 Å². The number of aromatic nitrogens is 1. The highest BCUT2D eigenvalue weighted by Gasteiger charge is 2.25. The zero-order chi connectivity index (χ0) is 36.0. The summed E-state index contributed by atoms with van der Waals surface area (Å²) in [5.74, 6) is 0.631. The van der Waals surface area contributed by atoms with Gasteiger partial charge in [0.15, 0.2) is 5.58 Å². The van der Waals surface area contributed by atoms with Crippen LogP contribution in [0.15, 0.2) is 192 Å². The first-order valence-corrected chi connectivity index (χ1v) is 18.9. The number of hydrogen-bond acceptors (Lipinski definition) is 2. The van der Waals surface area contributed by atoms with Crippen LogP contribution in [0.5, 0.6) is 0 Å². The van der Waals surface area contributed by atoms with Gasteiger partial charge in [-0.3, -0.25) is 0 Å². The van der Waals surface area contributed by atoms with Crippen molar-refractivity contribution in [3.63, 3.8) is 0 Å². The Bertz CT molecular complexity index is 3260. The Morgan fingerprint density at radius 2 is 0.745 bits per heavy atom. The van der Waals surface area contributed by atoms with Gasteiger partial charge in [-0.25, -0.2) is 4.98 Å². The molecule has 254 valence electrons. The zero-order valence-corrected chi connectivity index (χ0v) is 29.8. The van der Waals surface area contributed by atoms with Crippen molar-refractivity contribution in [3.05, 3.63) is 188 Å². The van der Waals surface area contributed by atoms with Gasteiger partial charge in [-0.05, 0) is 112 Å². The summed E-state index contributed by atoms with van der Waals surface area (Å²) in [6, 6.07) is 68.2. The minimum Gasteiger partial charge on any atom is -0.436 e. The first kappa shape index (κ1) is 30.2. The molecule has 0 saturated heterocycles. The average molecular weight is 698 g/mol. The van der Waals surface area contributed by atoms with Crippen molar-refractivity contribution in [2.24, 2.45) is 0 Å². The second-order valence-corrected chi connectivity index (χ2v) is 14.5. The highest BCUT2D eigenvalue weighted by molar-refractivity contribution is 6.28. The maximum Gasteiger partial charge on any atom is 0.227 e. The van der Waals surface area contributed by atoms with E-state index in [4.69, 9.17) is 9.40 Å². The molecule has 2 nitrogen and oxygen atoms in total. The highest BCUT2D eigenvalue weighted by Crippen LogP contribution is 2.52. The van der Waals surface area contributed by atoms with Crippen LogP contribution in [0.25, 0.3) is 121 Å². The third-order valence-electron chi connectivity index (χ3n) is 11.7. The lowest BCUT2D eigenvalue weighted by molar-refractivity contribution is 0.620. The lowest BCUT2D eigenvalue weighted by Gasteiger charge is -2.21. The first-order chi connectivity index (χ1) is 27.3. The topological polar surface area (TPSA) is 26.0 Å². The van der Waals surface area contributed by atoms with E-state index in [-0.39, 0.29) is 0 Å². The molecule has 0 atom stereocenters. The summed E-state index contributed by atoms with van der Waals surface area (Å²) >= 11 is 0. The minimum absolute atomic E-state index is 0.631. The van der Waals surface area contributed by atoms with Gasteiger partial charge < -0.3 is 4.42 Å². The lowest BCUT2D eigenvalue weighted by atomic mass is 9.82. The number of hydrogen-bond donors (Lipinski definition) is 0. The Kier molecular flexibility index (Phi) is 6.37. The molecule has 11 aromatic rings. The Morgan fingerprint density at radius 1 is 0.309 bits per heavy atom. The molecule has 1 aliphatic carbocycles. The van der Waals surface area contributed by atoms with E-state index in [0.29, 0.717) is 5.89 Å². The van der Waals surface area contributed by atoms with Gasteiger partial charge in [0, 0.05) is 10.9 Å². The largest absolute Gasteiger partial charge is 0.436 e. The van der Waals surface area contributed by atoms with Gasteiger partial charge in [0.05, 0.1) is 0 Å². The van der Waals surface area contributed by atoms with Crippen molar-refractivity contribution in [1.29, 1.82) is 0 Å². The molecule has 55 heavy (non-hydrogen) atoms. The normalized spacial score (nSPS) is 12.0. The maximum atomic E-state index is 6.58. The second-order valence-electron chi connectivity index (χ2n) is 14.5. The number of rotatable bonds is 3. The third kappa shape index (κ3) is 4.34. The summed E-state index contributed by atoms with van der Waals surface area (Å²) in [5.41, 5.74) is 15.1. The van der Waals surface area contributed by atoms with E-state index in [0.717, 1.165) is 33.0 Å². The van der Waals surface area contributed by atoms with Crippen molar-refractivity contribution in [2.75, 3.05) is 0 Å². The molecule has 0 amide bonds. The summed E-state index contributed by atoms with van der Waals surface area (Å²) in [6.07, 6.45) is 0. The molecule has 0 radical (unpaired) electrons. The lowest BCUT2D eigenvalue weighted by Crippen LogP contribution is -1.93. The minimum atomic E-state index is 0.631. The van der Waals surface area contributed by atoms with Gasteiger partial charge in [0.1, 0.15) is 5.52 Å². The Labute approximate surface area is 317 Å². The fourth-order valence-electron chi connectivity index (χ4n) is 9.36. The standard InChI is InChI=1S/C53H31NO/c1-2-15-32(16-3-1)53-54-52-46-26-13-8-21-37(46)47(31-48(52)55-53)51-41-24-11-9-22-39(41)50(40-23-10-12-25-42(40)51)45-30-29-44-36-20-7-5-18-34(36)33-17-4-6-19-35(33)38-27-14-28-43(45)49(38)44/h1-31H. The summed E-state index contributed by atoms with van der Waals surface area (Å²) in [7, 11) is 0. The highest BCUT2D eigenvalue weighted by atomic mass is 16.3. The predicted octanol–water partition coefficient (Wildman–Crippen LogP) is 14.8. The van der Waals surface area contributed by atoms with E-state index in [1.165, 1.54) is 82.4 Å². The van der Waals surface area contributed by atoms with E-state index in [1.807, 2.05) is 18.2 Å². The van der Waals surface area contributed by atoms with Crippen molar-refractivity contribution in [3.8, 4) is 67.1 Å². The molecule has 0 N–H and O–H groups in total. The van der Waals surface area contributed by atoms with Gasteiger partial charge >= 0.3 is 0 Å². The number of oxazole rings is 1. The fraction of sp³-hybridized carbons (Fsp3) is 0. The molecular formula is C53H31NO. The van der Waals surface area contributed by atoms with Crippen LogP contribution in [0.3, 0.4) is 0 Å². The Balaban J connectivity index is 1.18. The molecule has 0 bridgehead atoms. The Hall–Kier alpha value is -7.29. The summed E-state index contributed by atoms with van der Waals surface area (Å²) in [6.45, 7) is 0. The van der Waals surface area contributed by atoms with Gasteiger partial charge in [0.2, 0.25) is 5.89 Å². The molecular weight excluding hydrogens is 667 g/mol. The fourth-order valence-corrected chi connectivity index (χ4v) is 9.36. The Morgan fingerprint density at radius 3 is 1.36 bits per heavy atom. The van der Waals surface area contributed by atoms with E-state index in [1.54, 1.807) is 0 Å². The van der Waals surface area contributed by atoms with Crippen LogP contribution in [0.1, 0.15) is 0 Å². The van der Waals surface area contributed by atoms with Crippen molar-refractivity contribution in [2.45, 2.75) is 0 Å². The first-order valence-electron chi connectivity index (χ1n) is 18.9. The zero-order valence-electron chi connectivity index (χ0n) is 29.8.